The average molecular weight is 183 g/mol. The summed E-state index contributed by atoms with van der Waals surface area (Å²) >= 11 is 0. The molecular weight excluding hydrogens is 166 g/mol. The van der Waals surface area contributed by atoms with Crippen LogP contribution >= 0.6 is 0 Å². The van der Waals surface area contributed by atoms with E-state index in [0.29, 0.717) is 6.54 Å². The van der Waals surface area contributed by atoms with Crippen LogP contribution < -0.4 is 5.73 Å². The van der Waals surface area contributed by atoms with Gasteiger partial charge in [-0.3, -0.25) is 0 Å². The van der Waals surface area contributed by atoms with E-state index in [-0.39, 0.29) is 6.61 Å². The van der Waals surface area contributed by atoms with E-state index in [1.165, 1.54) is 0 Å². The van der Waals surface area contributed by atoms with Crippen LogP contribution in [0.25, 0.3) is 0 Å². The number of hydrogen-bond donors (Lipinski definition) is 2. The maximum Gasteiger partial charge on any atom is 0.0949 e. The van der Waals surface area contributed by atoms with Gasteiger partial charge in [0.25, 0.3) is 0 Å². The predicted molar refractivity (Wildman–Crippen MR) is 51.1 cm³/mol. The van der Waals surface area contributed by atoms with Crippen LogP contribution in [-0.4, -0.2) is 21.3 Å². The number of nitrogens with two attached hydrogens (primary N) is 1. The second-order valence-electron chi connectivity index (χ2n) is 3.09. The van der Waals surface area contributed by atoms with Gasteiger partial charge in [0, 0.05) is 25.9 Å². The molecule has 0 fully saturated rings. The number of rotatable bonds is 6. The highest BCUT2D eigenvalue weighted by Crippen LogP contribution is 2.00. The number of imidazole rings is 1. The van der Waals surface area contributed by atoms with E-state index < -0.39 is 0 Å². The quantitative estimate of drug-likeness (QED) is 0.631. The van der Waals surface area contributed by atoms with Gasteiger partial charge in [-0.05, 0) is 19.3 Å². The van der Waals surface area contributed by atoms with Crippen molar-refractivity contribution in [3.05, 3.63) is 18.2 Å². The molecule has 0 bridgehead atoms. The Hall–Kier alpha value is -0.870. The SMILES string of the molecule is NCc1cn(CCCCCO)cn1. The maximum absolute atomic E-state index is 8.57. The van der Waals surface area contributed by atoms with Crippen LogP contribution in [0.15, 0.2) is 12.5 Å². The van der Waals surface area contributed by atoms with E-state index in [9.17, 15) is 0 Å². The molecule has 0 unspecified atom stereocenters. The molecule has 1 aromatic heterocycles. The van der Waals surface area contributed by atoms with Crippen molar-refractivity contribution in [1.29, 1.82) is 0 Å². The topological polar surface area (TPSA) is 64.1 Å². The normalized spacial score (nSPS) is 10.6. The largest absolute Gasteiger partial charge is 0.396 e. The molecule has 1 aromatic rings. The minimum absolute atomic E-state index is 0.290. The molecule has 0 amide bonds. The molecule has 1 heterocycles. The van der Waals surface area contributed by atoms with Crippen molar-refractivity contribution in [2.75, 3.05) is 6.61 Å². The molecule has 0 spiro atoms. The van der Waals surface area contributed by atoms with Crippen molar-refractivity contribution in [1.82, 2.24) is 9.55 Å². The Morgan fingerprint density at radius 2 is 2.23 bits per heavy atom. The standard InChI is InChI=1S/C9H17N3O/c10-6-9-7-12(8-11-9)4-2-1-3-5-13/h7-8,13H,1-6,10H2. The predicted octanol–water partition coefficient (Wildman–Crippen LogP) is 0.504. The summed E-state index contributed by atoms with van der Waals surface area (Å²) in [5.74, 6) is 0. The summed E-state index contributed by atoms with van der Waals surface area (Å²) in [6, 6.07) is 0. The molecular formula is C9H17N3O. The summed E-state index contributed by atoms with van der Waals surface area (Å²) in [6.07, 6.45) is 6.81. The highest BCUT2D eigenvalue weighted by Gasteiger charge is 1.95. The Kier molecular flexibility index (Phi) is 4.49. The third kappa shape index (κ3) is 3.57. The summed E-state index contributed by atoms with van der Waals surface area (Å²) in [7, 11) is 0. The monoisotopic (exact) mass is 183 g/mol. The zero-order valence-electron chi connectivity index (χ0n) is 7.82. The molecule has 13 heavy (non-hydrogen) atoms. The molecule has 0 aliphatic heterocycles. The van der Waals surface area contributed by atoms with E-state index >= 15 is 0 Å². The lowest BCUT2D eigenvalue weighted by Gasteiger charge is -2.00. The van der Waals surface area contributed by atoms with Crippen LogP contribution in [0.5, 0.6) is 0 Å². The number of aliphatic hydroxyl groups excluding tert-OH is 1. The number of aryl methyl sites for hydroxylation is 1. The van der Waals surface area contributed by atoms with Crippen LogP contribution in [0.4, 0.5) is 0 Å². The van der Waals surface area contributed by atoms with Gasteiger partial charge >= 0.3 is 0 Å². The van der Waals surface area contributed by atoms with E-state index in [0.717, 1.165) is 31.5 Å². The molecule has 74 valence electrons. The fourth-order valence-corrected chi connectivity index (χ4v) is 1.22. The zero-order valence-corrected chi connectivity index (χ0v) is 7.82. The molecule has 0 saturated carbocycles. The van der Waals surface area contributed by atoms with Crippen LogP contribution in [0.1, 0.15) is 25.0 Å². The minimum atomic E-state index is 0.290. The van der Waals surface area contributed by atoms with Crippen LogP contribution in [0.3, 0.4) is 0 Å². The van der Waals surface area contributed by atoms with Gasteiger partial charge in [-0.1, -0.05) is 0 Å². The average Bonchev–Trinajstić information content (AvgIpc) is 2.60. The fourth-order valence-electron chi connectivity index (χ4n) is 1.22. The second-order valence-corrected chi connectivity index (χ2v) is 3.09. The van der Waals surface area contributed by atoms with Crippen molar-refractivity contribution in [3.63, 3.8) is 0 Å². The molecule has 0 aromatic carbocycles. The number of nitrogens with zero attached hydrogens (tertiary/aromatic N) is 2. The summed E-state index contributed by atoms with van der Waals surface area (Å²) in [5, 5.41) is 8.57. The molecule has 0 atom stereocenters. The number of aliphatic hydroxyl groups is 1. The van der Waals surface area contributed by atoms with Gasteiger partial charge in [-0.25, -0.2) is 4.98 Å². The molecule has 0 radical (unpaired) electrons. The van der Waals surface area contributed by atoms with Gasteiger partial charge in [0.15, 0.2) is 0 Å². The van der Waals surface area contributed by atoms with E-state index in [2.05, 4.69) is 4.98 Å². The van der Waals surface area contributed by atoms with E-state index in [1.807, 2.05) is 10.8 Å². The van der Waals surface area contributed by atoms with Gasteiger partial charge in [-0.15, -0.1) is 0 Å². The zero-order chi connectivity index (χ0) is 9.52. The Bertz CT molecular complexity index is 235. The first-order valence-corrected chi connectivity index (χ1v) is 4.68. The van der Waals surface area contributed by atoms with Gasteiger partial charge in [0.05, 0.1) is 12.0 Å². The highest BCUT2D eigenvalue weighted by molar-refractivity contribution is 4.95. The molecule has 0 saturated heterocycles. The van der Waals surface area contributed by atoms with Crippen LogP contribution in [0, 0.1) is 0 Å². The van der Waals surface area contributed by atoms with Gasteiger partial charge in [-0.2, -0.15) is 0 Å². The number of aromatic nitrogens is 2. The second kappa shape index (κ2) is 5.72. The summed E-state index contributed by atoms with van der Waals surface area (Å²) in [6.45, 7) is 1.76. The first kappa shape index (κ1) is 10.2. The Morgan fingerprint density at radius 1 is 1.38 bits per heavy atom. The van der Waals surface area contributed by atoms with E-state index in [1.54, 1.807) is 6.33 Å². The van der Waals surface area contributed by atoms with Gasteiger partial charge in [0.2, 0.25) is 0 Å². The van der Waals surface area contributed by atoms with Crippen molar-refractivity contribution in [3.8, 4) is 0 Å². The van der Waals surface area contributed by atoms with Crippen molar-refractivity contribution < 1.29 is 5.11 Å². The Labute approximate surface area is 78.4 Å². The summed E-state index contributed by atoms with van der Waals surface area (Å²) in [4.78, 5) is 4.12. The van der Waals surface area contributed by atoms with Gasteiger partial charge < -0.3 is 15.4 Å². The van der Waals surface area contributed by atoms with Gasteiger partial charge in [0.1, 0.15) is 0 Å². The maximum atomic E-state index is 8.57. The molecule has 3 N–H and O–H groups in total. The lowest BCUT2D eigenvalue weighted by Crippen LogP contribution is -1.97. The first-order chi connectivity index (χ1) is 6.36. The van der Waals surface area contributed by atoms with Crippen LogP contribution in [-0.2, 0) is 13.1 Å². The highest BCUT2D eigenvalue weighted by atomic mass is 16.2. The Morgan fingerprint density at radius 3 is 2.85 bits per heavy atom. The molecule has 1 rings (SSSR count). The first-order valence-electron chi connectivity index (χ1n) is 4.68. The lowest BCUT2D eigenvalue weighted by molar-refractivity contribution is 0.282. The Balaban J connectivity index is 2.20. The molecule has 0 aliphatic carbocycles. The van der Waals surface area contributed by atoms with Crippen molar-refractivity contribution >= 4 is 0 Å². The summed E-state index contributed by atoms with van der Waals surface area (Å²) < 4.78 is 2.04. The third-order valence-electron chi connectivity index (χ3n) is 1.97. The molecule has 4 heteroatoms. The molecule has 4 nitrogen and oxygen atoms in total. The lowest BCUT2D eigenvalue weighted by atomic mass is 10.2. The van der Waals surface area contributed by atoms with E-state index in [4.69, 9.17) is 10.8 Å². The molecule has 0 aliphatic rings. The smallest absolute Gasteiger partial charge is 0.0949 e. The summed E-state index contributed by atoms with van der Waals surface area (Å²) in [5.41, 5.74) is 6.36. The number of hydrogen-bond acceptors (Lipinski definition) is 3. The fraction of sp³-hybridized carbons (Fsp3) is 0.667. The minimum Gasteiger partial charge on any atom is -0.396 e. The van der Waals surface area contributed by atoms with Crippen LogP contribution in [0.2, 0.25) is 0 Å². The number of unbranched alkanes of at least 4 members (excludes halogenated alkanes) is 2. The van der Waals surface area contributed by atoms with Crippen molar-refractivity contribution in [2.24, 2.45) is 5.73 Å². The van der Waals surface area contributed by atoms with Crippen molar-refractivity contribution in [2.45, 2.75) is 32.4 Å². The third-order valence-corrected chi connectivity index (χ3v) is 1.97.